The second kappa shape index (κ2) is 8.08. The molecular weight excluding hydrogens is 434 g/mol. The Hall–Kier alpha value is -3.13. The molecule has 7 nitrogen and oxygen atoms in total. The molecule has 2 aromatic carbocycles. The summed E-state index contributed by atoms with van der Waals surface area (Å²) in [6, 6.07) is 14.5. The van der Waals surface area contributed by atoms with E-state index in [4.69, 9.17) is 5.73 Å². The summed E-state index contributed by atoms with van der Waals surface area (Å²) in [7, 11) is 0. The van der Waals surface area contributed by atoms with Gasteiger partial charge in [-0.05, 0) is 49.2 Å². The fourth-order valence-corrected chi connectivity index (χ4v) is 3.68. The van der Waals surface area contributed by atoms with Crippen molar-refractivity contribution in [2.75, 3.05) is 23.3 Å². The first-order valence-electron chi connectivity index (χ1n) is 9.33. The zero-order chi connectivity index (χ0) is 20.4. The minimum atomic E-state index is -0.535. The molecule has 1 aliphatic heterocycles. The van der Waals surface area contributed by atoms with E-state index in [0.29, 0.717) is 22.6 Å². The SMILES string of the molecule is NC(=O)c1ccc(N2CCCC2)c(NC(=O)c2cc(-c3ccc(Br)cc3)n[nH]2)c1. The number of hydrogen-bond donors (Lipinski definition) is 3. The van der Waals surface area contributed by atoms with E-state index in [1.165, 1.54) is 0 Å². The summed E-state index contributed by atoms with van der Waals surface area (Å²) in [4.78, 5) is 26.6. The predicted molar refractivity (Wildman–Crippen MR) is 116 cm³/mol. The number of nitrogens with one attached hydrogen (secondary N) is 2. The Morgan fingerprint density at radius 2 is 1.79 bits per heavy atom. The summed E-state index contributed by atoms with van der Waals surface area (Å²) in [5, 5.41) is 9.93. The molecule has 1 saturated heterocycles. The molecule has 0 unspecified atom stereocenters. The van der Waals surface area contributed by atoms with Gasteiger partial charge in [-0.25, -0.2) is 0 Å². The number of nitrogens with two attached hydrogens (primary N) is 1. The van der Waals surface area contributed by atoms with Crippen molar-refractivity contribution in [3.63, 3.8) is 0 Å². The number of aromatic nitrogens is 2. The number of aromatic amines is 1. The van der Waals surface area contributed by atoms with Crippen LogP contribution in [0.4, 0.5) is 11.4 Å². The van der Waals surface area contributed by atoms with E-state index >= 15 is 0 Å². The van der Waals surface area contributed by atoms with Crippen molar-refractivity contribution in [1.82, 2.24) is 10.2 Å². The zero-order valence-electron chi connectivity index (χ0n) is 15.6. The largest absolute Gasteiger partial charge is 0.370 e. The smallest absolute Gasteiger partial charge is 0.273 e. The first-order valence-corrected chi connectivity index (χ1v) is 10.1. The Morgan fingerprint density at radius 3 is 2.48 bits per heavy atom. The molecule has 1 fully saturated rings. The Morgan fingerprint density at radius 1 is 1.07 bits per heavy atom. The molecule has 8 heteroatoms. The third kappa shape index (κ3) is 4.17. The summed E-state index contributed by atoms with van der Waals surface area (Å²) in [5.74, 6) is -0.865. The first kappa shape index (κ1) is 19.2. The molecule has 2 amide bonds. The van der Waals surface area contributed by atoms with Crippen molar-refractivity contribution >= 4 is 39.1 Å². The van der Waals surface area contributed by atoms with Crippen molar-refractivity contribution in [2.24, 2.45) is 5.73 Å². The normalized spacial score (nSPS) is 13.5. The van der Waals surface area contributed by atoms with Gasteiger partial charge in [0.1, 0.15) is 5.69 Å². The molecule has 0 radical (unpaired) electrons. The number of rotatable bonds is 5. The number of halogens is 1. The van der Waals surface area contributed by atoms with Crippen LogP contribution < -0.4 is 16.0 Å². The lowest BCUT2D eigenvalue weighted by Gasteiger charge is -2.22. The summed E-state index contributed by atoms with van der Waals surface area (Å²) < 4.78 is 0.971. The lowest BCUT2D eigenvalue weighted by molar-refractivity contribution is 0.0995. The van der Waals surface area contributed by atoms with Crippen molar-refractivity contribution in [3.8, 4) is 11.3 Å². The Kier molecular flexibility index (Phi) is 5.35. The van der Waals surface area contributed by atoms with Crippen molar-refractivity contribution in [1.29, 1.82) is 0 Å². The Bertz CT molecular complexity index is 1060. The Labute approximate surface area is 176 Å². The second-order valence-electron chi connectivity index (χ2n) is 6.92. The summed E-state index contributed by atoms with van der Waals surface area (Å²) in [6.45, 7) is 1.83. The van der Waals surface area contributed by atoms with Gasteiger partial charge in [-0.3, -0.25) is 14.7 Å². The molecule has 0 atom stereocenters. The van der Waals surface area contributed by atoms with Crippen LogP contribution in [-0.2, 0) is 0 Å². The van der Waals surface area contributed by atoms with Crippen LogP contribution in [0.3, 0.4) is 0 Å². The average molecular weight is 454 g/mol. The van der Waals surface area contributed by atoms with Gasteiger partial charge < -0.3 is 16.0 Å². The van der Waals surface area contributed by atoms with Gasteiger partial charge in [0.25, 0.3) is 5.91 Å². The van der Waals surface area contributed by atoms with Crippen LogP contribution in [0.5, 0.6) is 0 Å². The molecule has 1 aliphatic rings. The number of primary amides is 1. The van der Waals surface area contributed by atoms with Gasteiger partial charge in [0.15, 0.2) is 0 Å². The number of carbonyl (C=O) groups excluding carboxylic acids is 2. The maximum atomic E-state index is 12.8. The lowest BCUT2D eigenvalue weighted by Crippen LogP contribution is -2.22. The quantitative estimate of drug-likeness (QED) is 0.546. The number of carbonyl (C=O) groups is 2. The molecule has 29 heavy (non-hydrogen) atoms. The lowest BCUT2D eigenvalue weighted by atomic mass is 10.1. The maximum Gasteiger partial charge on any atom is 0.273 e. The van der Waals surface area contributed by atoms with Gasteiger partial charge in [-0.2, -0.15) is 5.10 Å². The predicted octanol–water partition coefficient (Wildman–Crippen LogP) is 3.79. The number of amides is 2. The van der Waals surface area contributed by atoms with E-state index in [0.717, 1.165) is 41.7 Å². The van der Waals surface area contributed by atoms with E-state index in [9.17, 15) is 9.59 Å². The van der Waals surface area contributed by atoms with E-state index in [1.807, 2.05) is 30.3 Å². The van der Waals surface area contributed by atoms with Crippen LogP contribution in [0.2, 0.25) is 0 Å². The molecule has 3 aromatic rings. The third-order valence-electron chi connectivity index (χ3n) is 4.94. The van der Waals surface area contributed by atoms with Crippen LogP contribution in [0, 0.1) is 0 Å². The van der Waals surface area contributed by atoms with Gasteiger partial charge in [0, 0.05) is 28.7 Å². The molecule has 0 bridgehead atoms. The molecule has 4 N–H and O–H groups in total. The topological polar surface area (TPSA) is 104 Å². The maximum absolute atomic E-state index is 12.8. The highest BCUT2D eigenvalue weighted by molar-refractivity contribution is 9.10. The molecule has 1 aromatic heterocycles. The van der Waals surface area contributed by atoms with Gasteiger partial charge in [-0.15, -0.1) is 0 Å². The average Bonchev–Trinajstić information content (AvgIpc) is 3.41. The van der Waals surface area contributed by atoms with E-state index in [2.05, 4.69) is 36.3 Å². The third-order valence-corrected chi connectivity index (χ3v) is 5.47. The zero-order valence-corrected chi connectivity index (χ0v) is 17.2. The second-order valence-corrected chi connectivity index (χ2v) is 7.83. The van der Waals surface area contributed by atoms with Gasteiger partial charge >= 0.3 is 0 Å². The highest BCUT2D eigenvalue weighted by Crippen LogP contribution is 2.30. The molecule has 4 rings (SSSR count). The number of benzene rings is 2. The van der Waals surface area contributed by atoms with Gasteiger partial charge in [0.2, 0.25) is 5.91 Å². The molecule has 0 spiro atoms. The molecule has 0 aliphatic carbocycles. The van der Waals surface area contributed by atoms with Crippen LogP contribution in [0.1, 0.15) is 33.7 Å². The minimum Gasteiger partial charge on any atom is -0.370 e. The fourth-order valence-electron chi connectivity index (χ4n) is 3.42. The monoisotopic (exact) mass is 453 g/mol. The van der Waals surface area contributed by atoms with Gasteiger partial charge in [0.05, 0.1) is 17.1 Å². The summed E-state index contributed by atoms with van der Waals surface area (Å²) >= 11 is 3.40. The van der Waals surface area contributed by atoms with E-state index < -0.39 is 5.91 Å². The summed E-state index contributed by atoms with van der Waals surface area (Å²) in [5.41, 5.74) is 9.13. The molecule has 148 valence electrons. The highest BCUT2D eigenvalue weighted by Gasteiger charge is 2.20. The fraction of sp³-hybridized carbons (Fsp3) is 0.190. The Balaban J connectivity index is 1.60. The molecule has 2 heterocycles. The molecular formula is C21H20BrN5O2. The van der Waals surface area contributed by atoms with Crippen molar-refractivity contribution in [3.05, 3.63) is 64.3 Å². The van der Waals surface area contributed by atoms with E-state index in [1.54, 1.807) is 18.2 Å². The number of nitrogens with zero attached hydrogens (tertiary/aromatic N) is 2. The van der Waals surface area contributed by atoms with Crippen LogP contribution in [0.25, 0.3) is 11.3 Å². The first-order chi connectivity index (χ1) is 14.0. The molecule has 0 saturated carbocycles. The minimum absolute atomic E-state index is 0.331. The number of H-pyrrole nitrogens is 1. The van der Waals surface area contributed by atoms with Crippen LogP contribution in [0.15, 0.2) is 53.0 Å². The highest BCUT2D eigenvalue weighted by atomic mass is 79.9. The van der Waals surface area contributed by atoms with E-state index in [-0.39, 0.29) is 5.91 Å². The van der Waals surface area contributed by atoms with Crippen molar-refractivity contribution in [2.45, 2.75) is 12.8 Å². The standard InChI is InChI=1S/C21H20BrN5O2/c22-15-6-3-13(4-7-15)16-12-18(26-25-16)21(29)24-17-11-14(20(23)28)5-8-19(17)27-9-1-2-10-27/h3-8,11-12H,1-2,9-10H2,(H2,23,28)(H,24,29)(H,25,26). The summed E-state index contributed by atoms with van der Waals surface area (Å²) in [6.07, 6.45) is 2.20. The number of hydrogen-bond acceptors (Lipinski definition) is 4. The van der Waals surface area contributed by atoms with Crippen LogP contribution >= 0.6 is 15.9 Å². The van der Waals surface area contributed by atoms with Gasteiger partial charge in [-0.1, -0.05) is 28.1 Å². The van der Waals surface area contributed by atoms with Crippen LogP contribution in [-0.4, -0.2) is 35.1 Å². The van der Waals surface area contributed by atoms with Crippen molar-refractivity contribution < 1.29 is 9.59 Å². The number of anilines is 2.